The van der Waals surface area contributed by atoms with Crippen molar-refractivity contribution < 1.29 is 14.3 Å². The molecule has 2 amide bonds. The van der Waals surface area contributed by atoms with Gasteiger partial charge in [-0.1, -0.05) is 36.4 Å². The van der Waals surface area contributed by atoms with Crippen LogP contribution in [0.15, 0.2) is 48.5 Å². The fraction of sp³-hybridized carbons (Fsp3) is 0.333. The summed E-state index contributed by atoms with van der Waals surface area (Å²) in [6, 6.07) is 15.6. The van der Waals surface area contributed by atoms with E-state index in [1.54, 1.807) is 0 Å². The first kappa shape index (κ1) is 16.6. The Labute approximate surface area is 152 Å². The predicted octanol–water partition coefficient (Wildman–Crippen LogP) is 3.22. The van der Waals surface area contributed by atoms with E-state index in [1.807, 2.05) is 43.3 Å². The molecule has 1 heterocycles. The number of carbonyl (C=O) groups is 2. The average Bonchev–Trinajstić information content (AvgIpc) is 3.42. The van der Waals surface area contributed by atoms with Crippen LogP contribution in [0.1, 0.15) is 36.9 Å². The number of nitrogens with one attached hydrogen (secondary N) is 2. The minimum Gasteiger partial charge on any atom is -0.482 e. The summed E-state index contributed by atoms with van der Waals surface area (Å²) in [5, 5.41) is 5.95. The quantitative estimate of drug-likeness (QED) is 0.870. The van der Waals surface area contributed by atoms with Gasteiger partial charge in [0.2, 0.25) is 5.91 Å². The Hall–Kier alpha value is -2.82. The van der Waals surface area contributed by atoms with E-state index in [-0.39, 0.29) is 29.9 Å². The number of rotatable bonds is 5. The Balaban J connectivity index is 1.45. The fourth-order valence-electron chi connectivity index (χ4n) is 3.42. The second-order valence-electron chi connectivity index (χ2n) is 7.23. The van der Waals surface area contributed by atoms with Crippen LogP contribution in [0.2, 0.25) is 0 Å². The van der Waals surface area contributed by atoms with E-state index < -0.39 is 0 Å². The predicted molar refractivity (Wildman–Crippen MR) is 98.9 cm³/mol. The topological polar surface area (TPSA) is 67.4 Å². The van der Waals surface area contributed by atoms with E-state index in [9.17, 15) is 9.59 Å². The van der Waals surface area contributed by atoms with Crippen molar-refractivity contribution in [2.24, 2.45) is 5.41 Å². The van der Waals surface area contributed by atoms with Gasteiger partial charge in [-0.2, -0.15) is 0 Å². The van der Waals surface area contributed by atoms with Gasteiger partial charge in [0.05, 0.1) is 17.1 Å². The number of fused-ring (bicyclic) bond motifs is 1. The van der Waals surface area contributed by atoms with Crippen molar-refractivity contribution in [3.8, 4) is 5.75 Å². The second-order valence-corrected chi connectivity index (χ2v) is 7.23. The maximum absolute atomic E-state index is 12.9. The molecule has 1 aliphatic carbocycles. The van der Waals surface area contributed by atoms with E-state index >= 15 is 0 Å². The first-order chi connectivity index (χ1) is 12.6. The summed E-state index contributed by atoms with van der Waals surface area (Å²) in [5.41, 5.74) is 2.52. The monoisotopic (exact) mass is 350 g/mol. The standard InChI is InChI=1S/C21H22N2O3/c1-14(16-7-8-18-17(11-16)23-19(24)13-26-18)22-20(25)21(9-10-21)12-15-5-3-2-4-6-15/h2-8,11,14H,9-10,12-13H2,1H3,(H,22,25)(H,23,24). The molecule has 2 aromatic rings. The average molecular weight is 350 g/mol. The van der Waals surface area contributed by atoms with Gasteiger partial charge in [-0.15, -0.1) is 0 Å². The Kier molecular flexibility index (Phi) is 4.15. The van der Waals surface area contributed by atoms with Crippen molar-refractivity contribution in [1.82, 2.24) is 5.32 Å². The zero-order valence-corrected chi connectivity index (χ0v) is 14.7. The van der Waals surface area contributed by atoms with E-state index in [0.717, 1.165) is 24.8 Å². The van der Waals surface area contributed by atoms with Gasteiger partial charge in [0, 0.05) is 0 Å². The molecular weight excluding hydrogens is 328 g/mol. The molecule has 26 heavy (non-hydrogen) atoms. The first-order valence-corrected chi connectivity index (χ1v) is 8.97. The Morgan fingerprint density at radius 3 is 2.73 bits per heavy atom. The van der Waals surface area contributed by atoms with Gasteiger partial charge in [-0.3, -0.25) is 9.59 Å². The van der Waals surface area contributed by atoms with Crippen molar-refractivity contribution in [3.63, 3.8) is 0 Å². The molecule has 2 aliphatic rings. The SMILES string of the molecule is CC(NC(=O)C1(Cc2ccccc2)CC1)c1ccc2c(c1)NC(=O)CO2. The highest BCUT2D eigenvalue weighted by Gasteiger charge is 2.49. The highest BCUT2D eigenvalue weighted by molar-refractivity contribution is 5.95. The highest BCUT2D eigenvalue weighted by atomic mass is 16.5. The fourth-order valence-corrected chi connectivity index (χ4v) is 3.42. The number of ether oxygens (including phenoxy) is 1. The molecule has 4 rings (SSSR count). The van der Waals surface area contributed by atoms with Crippen molar-refractivity contribution >= 4 is 17.5 Å². The first-order valence-electron chi connectivity index (χ1n) is 8.97. The number of hydrogen-bond donors (Lipinski definition) is 2. The smallest absolute Gasteiger partial charge is 0.262 e. The third kappa shape index (κ3) is 3.29. The molecule has 134 valence electrons. The third-order valence-electron chi connectivity index (χ3n) is 5.20. The third-order valence-corrected chi connectivity index (χ3v) is 5.20. The lowest BCUT2D eigenvalue weighted by atomic mass is 9.95. The minimum atomic E-state index is -0.277. The van der Waals surface area contributed by atoms with E-state index in [4.69, 9.17) is 4.74 Å². The van der Waals surface area contributed by atoms with Gasteiger partial charge < -0.3 is 15.4 Å². The Morgan fingerprint density at radius 2 is 2.00 bits per heavy atom. The zero-order valence-electron chi connectivity index (χ0n) is 14.7. The molecule has 1 fully saturated rings. The maximum atomic E-state index is 12.9. The molecule has 5 heteroatoms. The maximum Gasteiger partial charge on any atom is 0.262 e. The van der Waals surface area contributed by atoms with Gasteiger partial charge >= 0.3 is 0 Å². The molecule has 0 radical (unpaired) electrons. The molecule has 1 aliphatic heterocycles. The summed E-state index contributed by atoms with van der Waals surface area (Å²) in [6.07, 6.45) is 2.63. The summed E-state index contributed by atoms with van der Waals surface area (Å²) >= 11 is 0. The molecule has 2 aromatic carbocycles. The summed E-state index contributed by atoms with van der Waals surface area (Å²) in [6.45, 7) is 2.00. The molecule has 0 bridgehead atoms. The molecule has 1 atom stereocenters. The molecule has 2 N–H and O–H groups in total. The summed E-state index contributed by atoms with van der Waals surface area (Å²) in [7, 11) is 0. The molecule has 1 saturated carbocycles. The van der Waals surface area contributed by atoms with Crippen LogP contribution in [0.25, 0.3) is 0 Å². The molecule has 1 unspecified atom stereocenters. The lowest BCUT2D eigenvalue weighted by Gasteiger charge is -2.23. The zero-order chi connectivity index (χ0) is 18.1. The van der Waals surface area contributed by atoms with Crippen LogP contribution in [0, 0.1) is 5.41 Å². The number of carbonyl (C=O) groups excluding carboxylic acids is 2. The lowest BCUT2D eigenvalue weighted by Crippen LogP contribution is -2.35. The molecule has 5 nitrogen and oxygen atoms in total. The number of hydrogen-bond acceptors (Lipinski definition) is 3. The van der Waals surface area contributed by atoms with E-state index in [2.05, 4.69) is 22.8 Å². The molecule has 0 aromatic heterocycles. The van der Waals surface area contributed by atoms with Crippen LogP contribution >= 0.6 is 0 Å². The summed E-state index contributed by atoms with van der Waals surface area (Å²) in [4.78, 5) is 24.3. The summed E-state index contributed by atoms with van der Waals surface area (Å²) in [5.74, 6) is 0.604. The van der Waals surface area contributed by atoms with Crippen molar-refractivity contribution in [3.05, 3.63) is 59.7 Å². The number of benzene rings is 2. The molecule has 0 spiro atoms. The van der Waals surface area contributed by atoms with Gasteiger partial charge in [0.25, 0.3) is 5.91 Å². The van der Waals surface area contributed by atoms with Crippen LogP contribution < -0.4 is 15.4 Å². The van der Waals surface area contributed by atoms with Crippen LogP contribution in [-0.2, 0) is 16.0 Å². The van der Waals surface area contributed by atoms with E-state index in [0.29, 0.717) is 11.4 Å². The molecule has 0 saturated heterocycles. The Bertz CT molecular complexity index is 844. The van der Waals surface area contributed by atoms with Crippen LogP contribution in [0.3, 0.4) is 0 Å². The number of amides is 2. The van der Waals surface area contributed by atoms with Crippen molar-refractivity contribution in [2.75, 3.05) is 11.9 Å². The van der Waals surface area contributed by atoms with Gasteiger partial charge in [0.15, 0.2) is 6.61 Å². The van der Waals surface area contributed by atoms with Crippen LogP contribution in [-0.4, -0.2) is 18.4 Å². The van der Waals surface area contributed by atoms with Gasteiger partial charge in [-0.05, 0) is 49.4 Å². The molecular formula is C21H22N2O3. The lowest BCUT2D eigenvalue weighted by molar-refractivity contribution is -0.127. The second kappa shape index (κ2) is 6.48. The normalized spacial score (nSPS) is 18.1. The van der Waals surface area contributed by atoms with E-state index in [1.165, 1.54) is 5.56 Å². The minimum absolute atomic E-state index is 0.0423. The van der Waals surface area contributed by atoms with Gasteiger partial charge in [0.1, 0.15) is 5.75 Å². The highest BCUT2D eigenvalue weighted by Crippen LogP contribution is 2.49. The summed E-state index contributed by atoms with van der Waals surface area (Å²) < 4.78 is 5.38. The Morgan fingerprint density at radius 1 is 1.23 bits per heavy atom. The van der Waals surface area contributed by atoms with Crippen molar-refractivity contribution in [1.29, 1.82) is 0 Å². The number of anilines is 1. The largest absolute Gasteiger partial charge is 0.482 e. The van der Waals surface area contributed by atoms with Gasteiger partial charge in [-0.25, -0.2) is 0 Å². The van der Waals surface area contributed by atoms with Crippen LogP contribution in [0.5, 0.6) is 5.75 Å². The van der Waals surface area contributed by atoms with Crippen LogP contribution in [0.4, 0.5) is 5.69 Å². The van der Waals surface area contributed by atoms with Crippen molar-refractivity contribution in [2.45, 2.75) is 32.2 Å².